The van der Waals surface area contributed by atoms with E-state index in [-0.39, 0.29) is 12.1 Å². The average molecular weight is 423 g/mol. The van der Waals surface area contributed by atoms with Gasteiger partial charge in [0.2, 0.25) is 0 Å². The molecule has 1 aromatic carbocycles. The van der Waals surface area contributed by atoms with E-state index in [0.717, 1.165) is 17.7 Å². The number of rotatable bonds is 3. The maximum Gasteiger partial charge on any atom is 0.322 e. The quantitative estimate of drug-likeness (QED) is 0.537. The van der Waals surface area contributed by atoms with E-state index in [0.29, 0.717) is 12.4 Å². The Morgan fingerprint density at radius 3 is 2.90 bits per heavy atom. The molecule has 7 nitrogen and oxygen atoms in total. The van der Waals surface area contributed by atoms with Gasteiger partial charge in [-0.3, -0.25) is 0 Å². The summed E-state index contributed by atoms with van der Waals surface area (Å²) in [5, 5.41) is 18.8. The monoisotopic (exact) mass is 422 g/mol. The highest BCUT2D eigenvalue weighted by atomic mass is 32.1. The Kier molecular flexibility index (Phi) is 4.61. The van der Waals surface area contributed by atoms with Crippen LogP contribution in [0.2, 0.25) is 0 Å². The number of aryl methyl sites for hydroxylation is 1. The van der Waals surface area contributed by atoms with Gasteiger partial charge in [0.05, 0.1) is 6.04 Å². The van der Waals surface area contributed by atoms with Crippen molar-refractivity contribution in [2.24, 2.45) is 7.05 Å². The maximum absolute atomic E-state index is 13.2. The van der Waals surface area contributed by atoms with E-state index < -0.39 is 0 Å². The van der Waals surface area contributed by atoms with Gasteiger partial charge in [-0.2, -0.15) is 0 Å². The van der Waals surface area contributed by atoms with E-state index in [1.807, 2.05) is 35.2 Å². The predicted molar refractivity (Wildman–Crippen MR) is 114 cm³/mol. The predicted octanol–water partition coefficient (Wildman–Crippen LogP) is 4.18. The summed E-state index contributed by atoms with van der Waals surface area (Å²) in [6, 6.07) is 13.7. The number of urea groups is 1. The molecule has 0 fully saturated rings. The van der Waals surface area contributed by atoms with Crippen LogP contribution in [-0.2, 0) is 13.5 Å². The molecule has 146 valence electrons. The molecule has 0 saturated heterocycles. The molecule has 29 heavy (non-hydrogen) atoms. The first-order valence-corrected chi connectivity index (χ1v) is 11.0. The Balaban J connectivity index is 1.43. The number of nitrogens with one attached hydrogen (secondary N) is 1. The van der Waals surface area contributed by atoms with Crippen LogP contribution in [0.25, 0.3) is 11.4 Å². The van der Waals surface area contributed by atoms with E-state index in [2.05, 4.69) is 43.7 Å². The molecule has 1 aliphatic heterocycles. The summed E-state index contributed by atoms with van der Waals surface area (Å²) in [5.74, 6) is 0.651. The molecule has 9 heteroatoms. The van der Waals surface area contributed by atoms with Crippen molar-refractivity contribution in [1.29, 1.82) is 0 Å². The molecule has 0 bridgehead atoms. The van der Waals surface area contributed by atoms with Crippen LogP contribution in [0.15, 0.2) is 53.2 Å². The Bertz CT molecular complexity index is 1150. The van der Waals surface area contributed by atoms with Gasteiger partial charge in [0, 0.05) is 34.6 Å². The number of hydrogen-bond donors (Lipinski definition) is 1. The summed E-state index contributed by atoms with van der Waals surface area (Å²) in [4.78, 5) is 17.7. The van der Waals surface area contributed by atoms with E-state index in [1.54, 1.807) is 34.4 Å². The number of aromatic nitrogens is 4. The average Bonchev–Trinajstić information content (AvgIpc) is 3.48. The SMILES string of the molecule is Cn1nnnc1-c1cccc(NC(=O)N2CCc3sccc3C2c2cccs2)c1. The van der Waals surface area contributed by atoms with Crippen LogP contribution in [0.4, 0.5) is 10.5 Å². The molecule has 2 amide bonds. The summed E-state index contributed by atoms with van der Waals surface area (Å²) in [6.45, 7) is 0.689. The molecule has 1 N–H and O–H groups in total. The van der Waals surface area contributed by atoms with Gasteiger partial charge < -0.3 is 10.2 Å². The summed E-state index contributed by atoms with van der Waals surface area (Å²) in [7, 11) is 1.79. The van der Waals surface area contributed by atoms with Gasteiger partial charge in [0.15, 0.2) is 5.82 Å². The van der Waals surface area contributed by atoms with Crippen LogP contribution in [-0.4, -0.2) is 37.7 Å². The van der Waals surface area contributed by atoms with Crippen molar-refractivity contribution in [3.05, 3.63) is 68.5 Å². The van der Waals surface area contributed by atoms with Crippen molar-refractivity contribution in [2.45, 2.75) is 12.5 Å². The second-order valence-electron chi connectivity index (χ2n) is 6.80. The zero-order valence-electron chi connectivity index (χ0n) is 15.6. The van der Waals surface area contributed by atoms with E-state index in [9.17, 15) is 4.79 Å². The van der Waals surface area contributed by atoms with Crippen LogP contribution in [0, 0.1) is 0 Å². The lowest BCUT2D eigenvalue weighted by Gasteiger charge is -2.35. The first-order chi connectivity index (χ1) is 14.2. The first-order valence-electron chi connectivity index (χ1n) is 9.21. The fraction of sp³-hybridized carbons (Fsp3) is 0.200. The third-order valence-electron chi connectivity index (χ3n) is 5.03. The molecular weight excluding hydrogens is 404 g/mol. The minimum absolute atomic E-state index is 0.0453. The maximum atomic E-state index is 13.2. The fourth-order valence-electron chi connectivity index (χ4n) is 3.69. The zero-order valence-corrected chi connectivity index (χ0v) is 17.3. The van der Waals surface area contributed by atoms with Gasteiger partial charge >= 0.3 is 6.03 Å². The van der Waals surface area contributed by atoms with Crippen molar-refractivity contribution in [2.75, 3.05) is 11.9 Å². The number of anilines is 1. The first kappa shape index (κ1) is 18.0. The Labute approximate surface area is 175 Å². The van der Waals surface area contributed by atoms with Gasteiger partial charge in [-0.25, -0.2) is 9.48 Å². The molecule has 0 aliphatic carbocycles. The standard InChI is InChI=1S/C20H18N6OS2/c1-25-19(22-23-24-25)13-4-2-5-14(12-13)21-20(27)26-9-7-16-15(8-11-29-16)18(26)17-6-3-10-28-17/h2-6,8,10-12,18H,7,9H2,1H3,(H,21,27). The van der Waals surface area contributed by atoms with Crippen molar-refractivity contribution >= 4 is 34.4 Å². The highest BCUT2D eigenvalue weighted by molar-refractivity contribution is 7.10. The summed E-state index contributed by atoms with van der Waals surface area (Å²) >= 11 is 3.46. The van der Waals surface area contributed by atoms with Crippen LogP contribution in [0.5, 0.6) is 0 Å². The normalized spacial score (nSPS) is 15.9. The molecule has 1 aliphatic rings. The second kappa shape index (κ2) is 7.41. The molecule has 4 heterocycles. The molecule has 4 aromatic rings. The molecular formula is C20H18N6OS2. The van der Waals surface area contributed by atoms with Crippen LogP contribution >= 0.6 is 22.7 Å². The molecule has 0 saturated carbocycles. The van der Waals surface area contributed by atoms with Crippen LogP contribution in [0.1, 0.15) is 21.4 Å². The van der Waals surface area contributed by atoms with E-state index in [4.69, 9.17) is 0 Å². The second-order valence-corrected chi connectivity index (χ2v) is 8.78. The molecule has 0 spiro atoms. The summed E-state index contributed by atoms with van der Waals surface area (Å²) in [6.07, 6.45) is 0.882. The molecule has 1 atom stereocenters. The highest BCUT2D eigenvalue weighted by Gasteiger charge is 2.33. The minimum Gasteiger partial charge on any atom is -0.312 e. The third-order valence-corrected chi connectivity index (χ3v) is 6.95. The number of thiophene rings is 2. The summed E-state index contributed by atoms with van der Waals surface area (Å²) < 4.78 is 1.61. The smallest absolute Gasteiger partial charge is 0.312 e. The summed E-state index contributed by atoms with van der Waals surface area (Å²) in [5.41, 5.74) is 2.80. The van der Waals surface area contributed by atoms with Gasteiger partial charge in [0.25, 0.3) is 0 Å². The van der Waals surface area contributed by atoms with Crippen molar-refractivity contribution in [3.63, 3.8) is 0 Å². The largest absolute Gasteiger partial charge is 0.322 e. The number of fused-ring (bicyclic) bond motifs is 1. The lowest BCUT2D eigenvalue weighted by Crippen LogP contribution is -2.42. The Hall–Kier alpha value is -3.04. The van der Waals surface area contributed by atoms with Crippen molar-refractivity contribution in [3.8, 4) is 11.4 Å². The molecule has 3 aromatic heterocycles. The topological polar surface area (TPSA) is 75.9 Å². The molecule has 1 unspecified atom stereocenters. The van der Waals surface area contributed by atoms with Crippen LogP contribution in [0.3, 0.4) is 0 Å². The van der Waals surface area contributed by atoms with Crippen LogP contribution < -0.4 is 5.32 Å². The number of carbonyl (C=O) groups excluding carboxylic acids is 1. The Morgan fingerprint density at radius 2 is 2.10 bits per heavy atom. The number of carbonyl (C=O) groups is 1. The van der Waals surface area contributed by atoms with E-state index in [1.165, 1.54) is 15.3 Å². The highest BCUT2D eigenvalue weighted by Crippen LogP contribution is 2.39. The number of nitrogens with zero attached hydrogens (tertiary/aromatic N) is 5. The van der Waals surface area contributed by atoms with Crippen molar-refractivity contribution < 1.29 is 4.79 Å². The molecule has 0 radical (unpaired) electrons. The molecule has 5 rings (SSSR count). The van der Waals surface area contributed by atoms with E-state index >= 15 is 0 Å². The lowest BCUT2D eigenvalue weighted by atomic mass is 9.99. The number of hydrogen-bond acceptors (Lipinski definition) is 6. The fourth-order valence-corrected chi connectivity index (χ4v) is 5.45. The minimum atomic E-state index is -0.103. The third kappa shape index (κ3) is 3.32. The number of benzene rings is 1. The number of tetrazole rings is 1. The zero-order chi connectivity index (χ0) is 19.8. The van der Waals surface area contributed by atoms with Gasteiger partial charge in [0.1, 0.15) is 0 Å². The van der Waals surface area contributed by atoms with Crippen molar-refractivity contribution in [1.82, 2.24) is 25.1 Å². The van der Waals surface area contributed by atoms with Gasteiger partial charge in [-0.05, 0) is 57.4 Å². The number of amides is 2. The Morgan fingerprint density at radius 1 is 1.17 bits per heavy atom. The lowest BCUT2D eigenvalue weighted by molar-refractivity contribution is 0.195. The van der Waals surface area contributed by atoms with Gasteiger partial charge in [-0.1, -0.05) is 18.2 Å². The van der Waals surface area contributed by atoms with Gasteiger partial charge in [-0.15, -0.1) is 27.8 Å².